The first-order chi connectivity index (χ1) is 10.1. The molecule has 0 bridgehead atoms. The fourth-order valence-electron chi connectivity index (χ4n) is 2.29. The molecule has 21 heavy (non-hydrogen) atoms. The van der Waals surface area contributed by atoms with Crippen LogP contribution in [0.1, 0.15) is 17.2 Å². The van der Waals surface area contributed by atoms with Gasteiger partial charge in [-0.05, 0) is 36.2 Å². The van der Waals surface area contributed by atoms with Crippen molar-refractivity contribution in [3.8, 4) is 11.5 Å². The molecule has 5 heteroatoms. The smallest absolute Gasteiger partial charge is 0.231 e. The van der Waals surface area contributed by atoms with Crippen LogP contribution in [-0.2, 0) is 0 Å². The normalized spacial score (nSPS) is 14.0. The highest BCUT2D eigenvalue weighted by Gasteiger charge is 2.17. The van der Waals surface area contributed by atoms with Crippen LogP contribution in [0.15, 0.2) is 36.4 Å². The van der Waals surface area contributed by atoms with Gasteiger partial charge in [0.25, 0.3) is 0 Å². The molecule has 2 aromatic rings. The second-order valence-corrected chi connectivity index (χ2v) is 4.94. The van der Waals surface area contributed by atoms with Crippen LogP contribution in [0.25, 0.3) is 0 Å². The zero-order chi connectivity index (χ0) is 14.8. The van der Waals surface area contributed by atoms with Gasteiger partial charge in [0.1, 0.15) is 5.82 Å². The van der Waals surface area contributed by atoms with Gasteiger partial charge < -0.3 is 19.9 Å². The van der Waals surface area contributed by atoms with E-state index in [1.807, 2.05) is 13.0 Å². The van der Waals surface area contributed by atoms with E-state index in [9.17, 15) is 9.50 Å². The lowest BCUT2D eigenvalue weighted by molar-refractivity contribution is 0.173. The summed E-state index contributed by atoms with van der Waals surface area (Å²) in [5.41, 5.74) is 1.91. The summed E-state index contributed by atoms with van der Waals surface area (Å²) in [6.07, 6.45) is -0.765. The Bertz CT molecular complexity index is 640. The summed E-state index contributed by atoms with van der Waals surface area (Å²) in [4.78, 5) is 0. The average Bonchev–Trinajstić information content (AvgIpc) is 2.93. The third-order valence-corrected chi connectivity index (χ3v) is 3.48. The number of para-hydroxylation sites is 1. The van der Waals surface area contributed by atoms with Crippen molar-refractivity contribution < 1.29 is 19.0 Å². The highest BCUT2D eigenvalue weighted by molar-refractivity contribution is 5.52. The molecule has 0 saturated carbocycles. The Hall–Kier alpha value is -2.27. The molecule has 2 aromatic carbocycles. The average molecular weight is 289 g/mol. The minimum atomic E-state index is -0.765. The summed E-state index contributed by atoms with van der Waals surface area (Å²) >= 11 is 0. The lowest BCUT2D eigenvalue weighted by Crippen LogP contribution is -2.13. The van der Waals surface area contributed by atoms with Crippen molar-refractivity contribution in [1.29, 1.82) is 0 Å². The second-order valence-electron chi connectivity index (χ2n) is 4.94. The van der Waals surface area contributed by atoms with Gasteiger partial charge in [-0.3, -0.25) is 0 Å². The van der Waals surface area contributed by atoms with E-state index in [-0.39, 0.29) is 19.2 Å². The zero-order valence-electron chi connectivity index (χ0n) is 11.6. The molecule has 0 fully saturated rings. The number of aryl methyl sites for hydroxylation is 1. The molecule has 0 saturated heterocycles. The quantitative estimate of drug-likeness (QED) is 0.908. The molecule has 4 nitrogen and oxygen atoms in total. The number of hydrogen-bond acceptors (Lipinski definition) is 4. The fourth-order valence-corrected chi connectivity index (χ4v) is 2.29. The number of rotatable bonds is 4. The van der Waals surface area contributed by atoms with E-state index in [2.05, 4.69) is 5.32 Å². The van der Waals surface area contributed by atoms with Crippen molar-refractivity contribution in [2.75, 3.05) is 18.7 Å². The molecule has 0 radical (unpaired) electrons. The van der Waals surface area contributed by atoms with Crippen LogP contribution in [0.4, 0.5) is 10.1 Å². The summed E-state index contributed by atoms with van der Waals surface area (Å²) in [6.45, 7) is 2.22. The number of aliphatic hydroxyl groups excluding tert-OH is 1. The maximum absolute atomic E-state index is 13.7. The van der Waals surface area contributed by atoms with Gasteiger partial charge in [-0.1, -0.05) is 18.2 Å². The molecule has 1 heterocycles. The Morgan fingerprint density at radius 2 is 2.05 bits per heavy atom. The van der Waals surface area contributed by atoms with Gasteiger partial charge >= 0.3 is 0 Å². The van der Waals surface area contributed by atoms with Crippen LogP contribution in [0.5, 0.6) is 11.5 Å². The van der Waals surface area contributed by atoms with Gasteiger partial charge in [0, 0.05) is 6.54 Å². The van der Waals surface area contributed by atoms with E-state index in [4.69, 9.17) is 9.47 Å². The molecule has 0 amide bonds. The highest BCUT2D eigenvalue weighted by Crippen LogP contribution is 2.34. The Morgan fingerprint density at radius 3 is 2.86 bits per heavy atom. The summed E-state index contributed by atoms with van der Waals surface area (Å²) in [7, 11) is 0. The van der Waals surface area contributed by atoms with E-state index in [1.54, 1.807) is 24.3 Å². The van der Waals surface area contributed by atoms with E-state index in [0.29, 0.717) is 22.7 Å². The molecule has 1 unspecified atom stereocenters. The monoisotopic (exact) mass is 289 g/mol. The Balaban J connectivity index is 1.70. The number of ether oxygens (including phenoxy) is 2. The molecule has 2 N–H and O–H groups in total. The standard InChI is InChI=1S/C16H16FNO3/c1-10-3-2-4-12(17)16(10)18-8-13(19)11-5-6-14-15(7-11)21-9-20-14/h2-7,13,18-19H,8-9H2,1H3. The van der Waals surface area contributed by atoms with Crippen LogP contribution in [0, 0.1) is 12.7 Å². The molecule has 1 aliphatic heterocycles. The Labute approximate surface area is 122 Å². The zero-order valence-corrected chi connectivity index (χ0v) is 11.6. The summed E-state index contributed by atoms with van der Waals surface area (Å²) in [5.74, 6) is 0.963. The van der Waals surface area contributed by atoms with Gasteiger partial charge in [0.05, 0.1) is 11.8 Å². The lowest BCUT2D eigenvalue weighted by atomic mass is 10.1. The van der Waals surface area contributed by atoms with Crippen LogP contribution in [0.2, 0.25) is 0 Å². The first-order valence-electron chi connectivity index (χ1n) is 6.72. The van der Waals surface area contributed by atoms with Crippen molar-refractivity contribution in [3.05, 3.63) is 53.3 Å². The maximum Gasteiger partial charge on any atom is 0.231 e. The number of aliphatic hydroxyl groups is 1. The van der Waals surface area contributed by atoms with Crippen molar-refractivity contribution in [3.63, 3.8) is 0 Å². The van der Waals surface area contributed by atoms with Crippen molar-refractivity contribution in [2.24, 2.45) is 0 Å². The van der Waals surface area contributed by atoms with Gasteiger partial charge in [-0.2, -0.15) is 0 Å². The van der Waals surface area contributed by atoms with E-state index >= 15 is 0 Å². The van der Waals surface area contributed by atoms with Crippen LogP contribution in [-0.4, -0.2) is 18.4 Å². The lowest BCUT2D eigenvalue weighted by Gasteiger charge is -2.15. The highest BCUT2D eigenvalue weighted by atomic mass is 19.1. The molecule has 0 spiro atoms. The van der Waals surface area contributed by atoms with Crippen molar-refractivity contribution in [1.82, 2.24) is 0 Å². The molecule has 110 valence electrons. The second kappa shape index (κ2) is 5.61. The largest absolute Gasteiger partial charge is 0.454 e. The molecule has 1 atom stereocenters. The van der Waals surface area contributed by atoms with E-state index in [0.717, 1.165) is 5.56 Å². The minimum Gasteiger partial charge on any atom is -0.454 e. The van der Waals surface area contributed by atoms with Gasteiger partial charge in [0.15, 0.2) is 11.5 Å². The Morgan fingerprint density at radius 1 is 1.24 bits per heavy atom. The molecule has 0 aliphatic carbocycles. The molecule has 0 aromatic heterocycles. The third-order valence-electron chi connectivity index (χ3n) is 3.48. The van der Waals surface area contributed by atoms with Crippen molar-refractivity contribution in [2.45, 2.75) is 13.0 Å². The first kappa shape index (κ1) is 13.7. The topological polar surface area (TPSA) is 50.7 Å². The predicted molar refractivity (Wildman–Crippen MR) is 77.2 cm³/mol. The van der Waals surface area contributed by atoms with Crippen molar-refractivity contribution >= 4 is 5.69 Å². The van der Waals surface area contributed by atoms with Crippen LogP contribution in [0.3, 0.4) is 0 Å². The van der Waals surface area contributed by atoms with Gasteiger partial charge in [-0.25, -0.2) is 4.39 Å². The Kier molecular flexibility index (Phi) is 3.66. The van der Waals surface area contributed by atoms with Gasteiger partial charge in [0.2, 0.25) is 6.79 Å². The number of fused-ring (bicyclic) bond motifs is 1. The molecule has 1 aliphatic rings. The SMILES string of the molecule is Cc1cccc(F)c1NCC(O)c1ccc2c(c1)OCO2. The molecular weight excluding hydrogens is 273 g/mol. The minimum absolute atomic E-state index is 0.196. The number of nitrogens with one attached hydrogen (secondary N) is 1. The van der Waals surface area contributed by atoms with Gasteiger partial charge in [-0.15, -0.1) is 0 Å². The van der Waals surface area contributed by atoms with Crippen LogP contribution < -0.4 is 14.8 Å². The summed E-state index contributed by atoms with van der Waals surface area (Å²) in [6, 6.07) is 10.1. The molecular formula is C16H16FNO3. The fraction of sp³-hybridized carbons (Fsp3) is 0.250. The number of halogens is 1. The van der Waals surface area contributed by atoms with Crippen LogP contribution >= 0.6 is 0 Å². The number of hydrogen-bond donors (Lipinski definition) is 2. The third kappa shape index (κ3) is 2.78. The molecule has 3 rings (SSSR count). The predicted octanol–water partition coefficient (Wildman–Crippen LogP) is 3.01. The first-order valence-corrected chi connectivity index (χ1v) is 6.72. The maximum atomic E-state index is 13.7. The summed E-state index contributed by atoms with van der Waals surface area (Å²) in [5, 5.41) is 13.2. The van der Waals surface area contributed by atoms with E-state index < -0.39 is 6.10 Å². The van der Waals surface area contributed by atoms with E-state index in [1.165, 1.54) is 6.07 Å². The summed E-state index contributed by atoms with van der Waals surface area (Å²) < 4.78 is 24.2. The number of benzene rings is 2. The number of anilines is 1.